The summed E-state index contributed by atoms with van der Waals surface area (Å²) in [5.74, 6) is 0. The predicted octanol–water partition coefficient (Wildman–Crippen LogP) is 16.5. The highest BCUT2D eigenvalue weighted by Gasteiger charge is 2.52. The third-order valence-electron chi connectivity index (χ3n) is 14.8. The van der Waals surface area contributed by atoms with E-state index in [9.17, 15) is 0 Å². The second-order valence-corrected chi connectivity index (χ2v) is 18.9. The molecule has 306 valence electrons. The number of rotatable bonds is 12. The first kappa shape index (κ1) is 38.8. The molecule has 0 fully saturated rings. The van der Waals surface area contributed by atoms with Crippen molar-refractivity contribution in [2.75, 3.05) is 0 Å². The van der Waals surface area contributed by atoms with E-state index in [1.165, 1.54) is 146 Å². The van der Waals surface area contributed by atoms with Crippen LogP contribution < -0.4 is 0 Å². The van der Waals surface area contributed by atoms with Crippen LogP contribution in [0.4, 0.5) is 0 Å². The van der Waals surface area contributed by atoms with Crippen LogP contribution in [0.25, 0.3) is 66.7 Å². The zero-order chi connectivity index (χ0) is 42.0. The van der Waals surface area contributed by atoms with E-state index in [1.54, 1.807) is 0 Å². The summed E-state index contributed by atoms with van der Waals surface area (Å²) in [6.07, 6.45) is 12.6. The number of nitrogens with zero attached hydrogens (tertiary/aromatic N) is 1. The number of benzene rings is 7. The van der Waals surface area contributed by atoms with Crippen LogP contribution in [-0.2, 0) is 23.7 Å². The lowest BCUT2D eigenvalue weighted by Gasteiger charge is -2.35. The van der Waals surface area contributed by atoms with Crippen LogP contribution >= 0.6 is 0 Å². The SMILES string of the molecule is CCCCCCc1cc(CCCCCC)cc(-c2ccc3c(c2)C2(c4ccccc4-c4ccccc42)c2cc(-c4cc5c6c(cccc6n4)C(C)(C)c4ccccc4-5)ccc2-3)c1. The number of fused-ring (bicyclic) bond motifs is 12. The zero-order valence-corrected chi connectivity index (χ0v) is 37.0. The molecule has 0 amide bonds. The normalized spacial score (nSPS) is 14.4. The summed E-state index contributed by atoms with van der Waals surface area (Å²) >= 11 is 0. The van der Waals surface area contributed by atoms with Crippen LogP contribution in [0.1, 0.15) is 124 Å². The molecule has 0 saturated carbocycles. The Morgan fingerprint density at radius 2 is 0.903 bits per heavy atom. The minimum atomic E-state index is -0.459. The Balaban J connectivity index is 1.10. The Labute approximate surface area is 368 Å². The summed E-state index contributed by atoms with van der Waals surface area (Å²) in [5.41, 5.74) is 24.5. The highest BCUT2D eigenvalue weighted by Crippen LogP contribution is 2.63. The van der Waals surface area contributed by atoms with Gasteiger partial charge in [-0.15, -0.1) is 0 Å². The molecule has 8 aromatic rings. The smallest absolute Gasteiger partial charge is 0.0725 e. The maximum absolute atomic E-state index is 5.50. The molecule has 62 heavy (non-hydrogen) atoms. The van der Waals surface area contributed by atoms with Gasteiger partial charge >= 0.3 is 0 Å². The zero-order valence-electron chi connectivity index (χ0n) is 37.0. The van der Waals surface area contributed by atoms with Gasteiger partial charge in [0.2, 0.25) is 0 Å². The Morgan fingerprint density at radius 1 is 0.387 bits per heavy atom. The molecule has 1 heterocycles. The van der Waals surface area contributed by atoms with Gasteiger partial charge in [-0.25, -0.2) is 4.98 Å². The fourth-order valence-corrected chi connectivity index (χ4v) is 11.8. The molecule has 0 aliphatic heterocycles. The molecule has 0 saturated heterocycles. The summed E-state index contributed by atoms with van der Waals surface area (Å²) < 4.78 is 0. The Kier molecular flexibility index (Phi) is 9.64. The number of hydrogen-bond acceptors (Lipinski definition) is 1. The van der Waals surface area contributed by atoms with E-state index in [4.69, 9.17) is 4.98 Å². The van der Waals surface area contributed by atoms with Crippen LogP contribution in [0.5, 0.6) is 0 Å². The van der Waals surface area contributed by atoms with Gasteiger partial charge in [0.05, 0.1) is 16.6 Å². The van der Waals surface area contributed by atoms with Crippen molar-refractivity contribution in [1.82, 2.24) is 4.98 Å². The molecular weight excluding hydrogens is 747 g/mol. The minimum absolute atomic E-state index is 0.105. The molecule has 0 bridgehead atoms. The van der Waals surface area contributed by atoms with Gasteiger partial charge in [-0.3, -0.25) is 0 Å². The summed E-state index contributed by atoms with van der Waals surface area (Å²) in [5, 5.41) is 1.28. The average Bonchev–Trinajstić information content (AvgIpc) is 3.77. The Morgan fingerprint density at radius 3 is 1.52 bits per heavy atom. The van der Waals surface area contributed by atoms with Crippen molar-refractivity contribution in [1.29, 1.82) is 0 Å². The maximum atomic E-state index is 5.50. The predicted molar refractivity (Wildman–Crippen MR) is 262 cm³/mol. The Hall–Kier alpha value is -6.05. The van der Waals surface area contributed by atoms with Crippen LogP contribution in [0.3, 0.4) is 0 Å². The fourth-order valence-electron chi connectivity index (χ4n) is 11.8. The third kappa shape index (κ3) is 5.99. The topological polar surface area (TPSA) is 12.9 Å². The second-order valence-electron chi connectivity index (χ2n) is 18.9. The van der Waals surface area contributed by atoms with E-state index in [0.29, 0.717) is 0 Å². The number of aromatic nitrogens is 1. The molecule has 0 N–H and O–H groups in total. The van der Waals surface area contributed by atoms with Crippen molar-refractivity contribution in [2.24, 2.45) is 0 Å². The molecule has 1 nitrogen and oxygen atoms in total. The lowest BCUT2D eigenvalue weighted by molar-refractivity contribution is 0.645. The summed E-state index contributed by atoms with van der Waals surface area (Å²) in [6, 6.07) is 58.7. The van der Waals surface area contributed by atoms with Crippen LogP contribution in [0.2, 0.25) is 0 Å². The molecule has 7 aromatic carbocycles. The van der Waals surface area contributed by atoms with Crippen LogP contribution in [0, 0.1) is 0 Å². The first-order valence-electron chi connectivity index (χ1n) is 23.6. The van der Waals surface area contributed by atoms with E-state index < -0.39 is 5.41 Å². The van der Waals surface area contributed by atoms with Gasteiger partial charge < -0.3 is 0 Å². The summed E-state index contributed by atoms with van der Waals surface area (Å²) in [7, 11) is 0. The number of aryl methyl sites for hydroxylation is 2. The molecule has 1 aromatic heterocycles. The van der Waals surface area contributed by atoms with Crippen molar-refractivity contribution >= 4 is 10.9 Å². The molecule has 1 spiro atoms. The molecular formula is C61H57N. The molecule has 0 radical (unpaired) electrons. The highest BCUT2D eigenvalue weighted by molar-refractivity contribution is 6.04. The molecule has 3 aliphatic carbocycles. The van der Waals surface area contributed by atoms with Crippen molar-refractivity contribution in [3.63, 3.8) is 0 Å². The lowest BCUT2D eigenvalue weighted by Crippen LogP contribution is -2.26. The summed E-state index contributed by atoms with van der Waals surface area (Å²) in [6.45, 7) is 9.33. The van der Waals surface area contributed by atoms with Crippen molar-refractivity contribution in [2.45, 2.75) is 103 Å². The molecule has 11 rings (SSSR count). The van der Waals surface area contributed by atoms with Crippen LogP contribution in [-0.4, -0.2) is 4.98 Å². The largest absolute Gasteiger partial charge is 0.248 e. The van der Waals surface area contributed by atoms with Gasteiger partial charge in [0.15, 0.2) is 0 Å². The Bertz CT molecular complexity index is 2960. The molecule has 0 unspecified atom stereocenters. The van der Waals surface area contributed by atoms with Crippen molar-refractivity contribution < 1.29 is 0 Å². The molecule has 0 atom stereocenters. The lowest BCUT2D eigenvalue weighted by atomic mass is 9.69. The quantitative estimate of drug-likeness (QED) is 0.112. The molecule has 1 heteroatoms. The van der Waals surface area contributed by atoms with Gasteiger partial charge in [-0.1, -0.05) is 194 Å². The number of unbranched alkanes of at least 4 members (excludes halogenated alkanes) is 6. The molecule has 3 aliphatic rings. The minimum Gasteiger partial charge on any atom is -0.248 e. The monoisotopic (exact) mass is 803 g/mol. The first-order chi connectivity index (χ1) is 30.4. The van der Waals surface area contributed by atoms with Crippen LogP contribution in [0.15, 0.2) is 152 Å². The first-order valence-corrected chi connectivity index (χ1v) is 23.6. The van der Waals surface area contributed by atoms with E-state index >= 15 is 0 Å². The van der Waals surface area contributed by atoms with Gasteiger partial charge in [0.1, 0.15) is 0 Å². The highest BCUT2D eigenvalue weighted by atomic mass is 14.7. The standard InChI is InChI=1S/C61H57N/c1-5-7-9-11-20-40-34-41(21-12-10-8-6-2)36-44(35-40)42-30-32-48-49-33-31-43(38-56(49)61(55(48)37-42)52-26-17-14-22-45(52)46-23-15-18-27-53(46)61)58-39-50-47-24-13-16-25-51(47)60(3,4)54-28-19-29-57(62-58)59(50)54/h13-19,22-39H,5-12,20-21H2,1-4H3. The van der Waals surface area contributed by atoms with E-state index in [1.807, 2.05) is 0 Å². The number of hydrogen-bond donors (Lipinski definition) is 0. The number of pyridine rings is 1. The third-order valence-corrected chi connectivity index (χ3v) is 14.8. The van der Waals surface area contributed by atoms with E-state index in [0.717, 1.165) is 29.6 Å². The van der Waals surface area contributed by atoms with Gasteiger partial charge in [-0.05, 0) is 139 Å². The van der Waals surface area contributed by atoms with Gasteiger partial charge in [0.25, 0.3) is 0 Å². The van der Waals surface area contributed by atoms with Gasteiger partial charge in [-0.2, -0.15) is 0 Å². The fraction of sp³-hybridized carbons (Fsp3) is 0.262. The summed E-state index contributed by atoms with van der Waals surface area (Å²) in [4.78, 5) is 5.50. The van der Waals surface area contributed by atoms with Gasteiger partial charge in [0, 0.05) is 16.4 Å². The van der Waals surface area contributed by atoms with Crippen molar-refractivity contribution in [3.05, 3.63) is 196 Å². The second kappa shape index (κ2) is 15.4. The van der Waals surface area contributed by atoms with E-state index in [-0.39, 0.29) is 5.41 Å². The average molecular weight is 804 g/mol. The maximum Gasteiger partial charge on any atom is 0.0725 e. The van der Waals surface area contributed by atoms with E-state index in [2.05, 4.69) is 179 Å². The van der Waals surface area contributed by atoms with Crippen molar-refractivity contribution in [3.8, 4) is 55.8 Å².